The Labute approximate surface area is 181 Å². The van der Waals surface area contributed by atoms with Gasteiger partial charge < -0.3 is 4.90 Å². The van der Waals surface area contributed by atoms with Crippen LogP contribution in [0.1, 0.15) is 23.2 Å². The molecule has 1 saturated heterocycles. The van der Waals surface area contributed by atoms with E-state index in [2.05, 4.69) is 0 Å². The van der Waals surface area contributed by atoms with Crippen molar-refractivity contribution in [1.82, 2.24) is 9.88 Å². The molecule has 1 aromatic heterocycles. The molecule has 0 atom stereocenters. The Balaban J connectivity index is 1.45. The number of hydrogen-bond donors (Lipinski definition) is 0. The quantitative estimate of drug-likeness (QED) is 0.450. The van der Waals surface area contributed by atoms with E-state index in [0.29, 0.717) is 36.4 Å². The van der Waals surface area contributed by atoms with Crippen molar-refractivity contribution in [1.29, 1.82) is 0 Å². The molecule has 0 bridgehead atoms. The van der Waals surface area contributed by atoms with Crippen LogP contribution in [-0.4, -0.2) is 42.5 Å². The minimum Gasteiger partial charge on any atom is -0.339 e. The Bertz CT molecular complexity index is 1320. The number of hydrogen-bond acceptors (Lipinski definition) is 4. The van der Waals surface area contributed by atoms with Gasteiger partial charge in [-0.2, -0.15) is 0 Å². The topological polar surface area (TPSA) is 67.3 Å². The Morgan fingerprint density at radius 1 is 0.774 bits per heavy atom. The number of benzene rings is 3. The van der Waals surface area contributed by atoms with Crippen LogP contribution in [0.5, 0.6) is 0 Å². The van der Waals surface area contributed by atoms with Crippen molar-refractivity contribution in [2.45, 2.75) is 23.0 Å². The lowest BCUT2D eigenvalue weighted by Crippen LogP contribution is -2.42. The van der Waals surface area contributed by atoms with Crippen molar-refractivity contribution in [3.63, 3.8) is 0 Å². The maximum atomic E-state index is 13.6. The summed E-state index contributed by atoms with van der Waals surface area (Å²) in [6.45, 7) is 0.834. The highest BCUT2D eigenvalue weighted by Gasteiger charge is 2.33. The highest BCUT2D eigenvalue weighted by molar-refractivity contribution is 7.92. The maximum Gasteiger partial charge on any atom is 0.255 e. The number of para-hydroxylation sites is 2. The monoisotopic (exact) mass is 430 g/mol. The smallest absolute Gasteiger partial charge is 0.255 e. The number of sulfone groups is 1. The standard InChI is InChI=1S/C25H22N2O3S/c28-25(24-20-10-4-6-12-22(20)26-23-13-7-5-11-21(23)24)27-16-14-19(15-17-27)31(29,30)18-8-2-1-3-9-18/h1-13,19H,14-17H2. The summed E-state index contributed by atoms with van der Waals surface area (Å²) >= 11 is 0. The summed E-state index contributed by atoms with van der Waals surface area (Å²) in [6, 6.07) is 23.9. The molecule has 0 saturated carbocycles. The second-order valence-corrected chi connectivity index (χ2v) is 10.1. The van der Waals surface area contributed by atoms with Gasteiger partial charge in [0.05, 0.1) is 26.7 Å². The van der Waals surface area contributed by atoms with E-state index in [1.54, 1.807) is 29.2 Å². The summed E-state index contributed by atoms with van der Waals surface area (Å²) in [6.07, 6.45) is 0.869. The van der Waals surface area contributed by atoms with E-state index in [1.807, 2.05) is 54.6 Å². The molecule has 1 fully saturated rings. The van der Waals surface area contributed by atoms with Crippen molar-refractivity contribution in [3.8, 4) is 0 Å². The molecule has 3 aromatic carbocycles. The van der Waals surface area contributed by atoms with Gasteiger partial charge in [-0.1, -0.05) is 54.6 Å². The molecule has 1 amide bonds. The number of amides is 1. The average molecular weight is 431 g/mol. The lowest BCUT2D eigenvalue weighted by Gasteiger charge is -2.32. The predicted octanol–water partition coefficient (Wildman–Crippen LogP) is 4.47. The van der Waals surface area contributed by atoms with Crippen LogP contribution < -0.4 is 0 Å². The van der Waals surface area contributed by atoms with E-state index >= 15 is 0 Å². The largest absolute Gasteiger partial charge is 0.339 e. The van der Waals surface area contributed by atoms with Gasteiger partial charge in [0.1, 0.15) is 0 Å². The van der Waals surface area contributed by atoms with Crippen molar-refractivity contribution in [2.24, 2.45) is 0 Å². The summed E-state index contributed by atoms with van der Waals surface area (Å²) in [4.78, 5) is 20.4. The minimum absolute atomic E-state index is 0.0645. The first-order valence-corrected chi connectivity index (χ1v) is 12.0. The Morgan fingerprint density at radius 2 is 1.29 bits per heavy atom. The summed E-state index contributed by atoms with van der Waals surface area (Å²) in [5.41, 5.74) is 2.21. The van der Waals surface area contributed by atoms with Crippen LogP contribution in [0.15, 0.2) is 83.8 Å². The number of nitrogens with zero attached hydrogens (tertiary/aromatic N) is 2. The first kappa shape index (κ1) is 19.7. The lowest BCUT2D eigenvalue weighted by molar-refractivity contribution is 0.0729. The van der Waals surface area contributed by atoms with E-state index in [9.17, 15) is 13.2 Å². The van der Waals surface area contributed by atoms with Crippen LogP contribution in [0.3, 0.4) is 0 Å². The molecule has 2 heterocycles. The molecular weight excluding hydrogens is 408 g/mol. The lowest BCUT2D eigenvalue weighted by atomic mass is 10.00. The Morgan fingerprint density at radius 3 is 1.87 bits per heavy atom. The molecule has 5 nitrogen and oxygen atoms in total. The fourth-order valence-corrected chi connectivity index (χ4v) is 6.15. The number of carbonyl (C=O) groups excluding carboxylic acids is 1. The zero-order chi connectivity index (χ0) is 21.4. The summed E-state index contributed by atoms with van der Waals surface area (Å²) in [7, 11) is -3.39. The normalized spacial score (nSPS) is 15.4. The number of piperidine rings is 1. The van der Waals surface area contributed by atoms with Crippen molar-refractivity contribution < 1.29 is 13.2 Å². The van der Waals surface area contributed by atoms with Crippen molar-refractivity contribution >= 4 is 37.6 Å². The SMILES string of the molecule is O=C(c1c2ccccc2nc2ccccc12)N1CCC(S(=O)(=O)c2ccccc2)CC1. The summed E-state index contributed by atoms with van der Waals surface area (Å²) in [5, 5.41) is 1.18. The van der Waals surface area contributed by atoms with Gasteiger partial charge >= 0.3 is 0 Å². The average Bonchev–Trinajstić information content (AvgIpc) is 2.82. The Kier molecular flexibility index (Phi) is 4.94. The zero-order valence-corrected chi connectivity index (χ0v) is 17.8. The number of likely N-dealkylation sites (tertiary alicyclic amines) is 1. The Hall–Kier alpha value is -3.25. The summed E-state index contributed by atoms with van der Waals surface area (Å²) < 4.78 is 25.9. The molecule has 4 aromatic rings. The van der Waals surface area contributed by atoms with Crippen LogP contribution in [0.4, 0.5) is 0 Å². The van der Waals surface area contributed by atoms with Gasteiger partial charge in [0.2, 0.25) is 0 Å². The maximum absolute atomic E-state index is 13.6. The van der Waals surface area contributed by atoms with Crippen LogP contribution >= 0.6 is 0 Å². The van der Waals surface area contributed by atoms with Crippen molar-refractivity contribution in [3.05, 3.63) is 84.4 Å². The number of rotatable bonds is 3. The van der Waals surface area contributed by atoms with E-state index in [-0.39, 0.29) is 5.91 Å². The number of carbonyl (C=O) groups is 1. The van der Waals surface area contributed by atoms with Gasteiger partial charge in [-0.15, -0.1) is 0 Å². The van der Waals surface area contributed by atoms with Gasteiger partial charge in [0.25, 0.3) is 5.91 Å². The van der Waals surface area contributed by atoms with E-state index in [0.717, 1.165) is 21.8 Å². The molecule has 156 valence electrons. The van der Waals surface area contributed by atoms with Gasteiger partial charge in [0, 0.05) is 23.9 Å². The van der Waals surface area contributed by atoms with E-state index < -0.39 is 15.1 Å². The molecule has 31 heavy (non-hydrogen) atoms. The van der Waals surface area contributed by atoms with E-state index in [4.69, 9.17) is 4.98 Å². The van der Waals surface area contributed by atoms with Crippen LogP contribution in [0, 0.1) is 0 Å². The van der Waals surface area contributed by atoms with Gasteiger partial charge in [-0.3, -0.25) is 4.79 Å². The molecular formula is C25H22N2O3S. The third-order valence-corrected chi connectivity index (χ3v) is 8.32. The first-order valence-electron chi connectivity index (χ1n) is 10.4. The molecule has 6 heteroatoms. The molecule has 0 unspecified atom stereocenters. The first-order chi connectivity index (χ1) is 15.1. The third kappa shape index (κ3) is 3.47. The fraction of sp³-hybridized carbons (Fsp3) is 0.200. The minimum atomic E-state index is -3.39. The molecule has 0 radical (unpaired) electrons. The molecule has 5 rings (SSSR count). The zero-order valence-electron chi connectivity index (χ0n) is 16.9. The molecule has 1 aliphatic heterocycles. The summed E-state index contributed by atoms with van der Waals surface area (Å²) in [5.74, 6) is -0.0645. The van der Waals surface area contributed by atoms with Gasteiger partial charge in [0.15, 0.2) is 9.84 Å². The fourth-order valence-electron chi connectivity index (χ4n) is 4.40. The van der Waals surface area contributed by atoms with E-state index in [1.165, 1.54) is 0 Å². The van der Waals surface area contributed by atoms with Gasteiger partial charge in [-0.05, 0) is 37.1 Å². The third-order valence-electron chi connectivity index (χ3n) is 6.04. The second-order valence-electron chi connectivity index (χ2n) is 7.87. The molecule has 1 aliphatic rings. The van der Waals surface area contributed by atoms with Crippen LogP contribution in [0.2, 0.25) is 0 Å². The highest BCUT2D eigenvalue weighted by atomic mass is 32.2. The molecule has 0 N–H and O–H groups in total. The molecule has 0 spiro atoms. The molecule has 0 aliphatic carbocycles. The van der Waals surface area contributed by atoms with Crippen LogP contribution in [-0.2, 0) is 9.84 Å². The second kappa shape index (κ2) is 7.78. The highest BCUT2D eigenvalue weighted by Crippen LogP contribution is 2.30. The number of pyridine rings is 1. The number of aromatic nitrogens is 1. The predicted molar refractivity (Wildman–Crippen MR) is 122 cm³/mol. The van der Waals surface area contributed by atoms with Crippen LogP contribution in [0.25, 0.3) is 21.8 Å². The number of fused-ring (bicyclic) bond motifs is 2. The van der Waals surface area contributed by atoms with Gasteiger partial charge in [-0.25, -0.2) is 13.4 Å². The van der Waals surface area contributed by atoms with Crippen molar-refractivity contribution in [2.75, 3.05) is 13.1 Å².